The molecule has 0 spiro atoms. The second-order valence-electron chi connectivity index (χ2n) is 5.08. The van der Waals surface area contributed by atoms with Gasteiger partial charge in [-0.2, -0.15) is 0 Å². The van der Waals surface area contributed by atoms with Crippen molar-refractivity contribution >= 4 is 0 Å². The highest BCUT2D eigenvalue weighted by molar-refractivity contribution is 5.37. The highest BCUT2D eigenvalue weighted by Crippen LogP contribution is 2.42. The number of benzene rings is 1. The summed E-state index contributed by atoms with van der Waals surface area (Å²) in [6.07, 6.45) is 4.00. The number of hydrogen-bond acceptors (Lipinski definition) is 2. The minimum Gasteiger partial charge on any atom is -0.494 e. The molecule has 1 aromatic carbocycles. The van der Waals surface area contributed by atoms with Gasteiger partial charge in [-0.3, -0.25) is 0 Å². The zero-order chi connectivity index (χ0) is 12.8. The third-order valence-corrected chi connectivity index (χ3v) is 3.93. The van der Waals surface area contributed by atoms with Gasteiger partial charge in [0, 0.05) is 0 Å². The van der Waals surface area contributed by atoms with Crippen LogP contribution < -0.4 is 10.1 Å². The van der Waals surface area contributed by atoms with Gasteiger partial charge in [0.25, 0.3) is 0 Å². The largest absolute Gasteiger partial charge is 0.494 e. The Morgan fingerprint density at radius 1 is 1.22 bits per heavy atom. The lowest BCUT2D eigenvalue weighted by Gasteiger charge is -2.22. The molecule has 100 valence electrons. The van der Waals surface area contributed by atoms with E-state index in [1.54, 1.807) is 0 Å². The van der Waals surface area contributed by atoms with Crippen LogP contribution in [0.2, 0.25) is 0 Å². The average molecular weight is 247 g/mol. The highest BCUT2D eigenvalue weighted by Gasteiger charge is 2.29. The molecule has 1 saturated carbocycles. The minimum atomic E-state index is 0.673. The minimum absolute atomic E-state index is 0.673. The van der Waals surface area contributed by atoms with Crippen molar-refractivity contribution in [3.63, 3.8) is 0 Å². The normalized spacial score (nSPS) is 23.2. The molecule has 2 heteroatoms. The third-order valence-electron chi connectivity index (χ3n) is 3.93. The summed E-state index contributed by atoms with van der Waals surface area (Å²) >= 11 is 0. The fraction of sp³-hybridized carbons (Fsp3) is 0.625. The SMILES string of the molecule is CCNCC1CCCC1c1ccccc1OCC. The summed E-state index contributed by atoms with van der Waals surface area (Å²) in [6, 6.07) is 8.57. The van der Waals surface area contributed by atoms with Crippen LogP contribution in [0.5, 0.6) is 5.75 Å². The fourth-order valence-electron chi connectivity index (χ4n) is 3.09. The van der Waals surface area contributed by atoms with Crippen molar-refractivity contribution in [1.82, 2.24) is 5.32 Å². The first kappa shape index (κ1) is 13.4. The lowest BCUT2D eigenvalue weighted by Crippen LogP contribution is -2.24. The second kappa shape index (κ2) is 6.79. The van der Waals surface area contributed by atoms with E-state index in [9.17, 15) is 0 Å². The van der Waals surface area contributed by atoms with Crippen LogP contribution in [0.15, 0.2) is 24.3 Å². The van der Waals surface area contributed by atoms with E-state index in [2.05, 4.69) is 43.4 Å². The molecule has 0 saturated heterocycles. The lowest BCUT2D eigenvalue weighted by atomic mass is 9.88. The Balaban J connectivity index is 2.13. The molecular formula is C16H25NO. The number of para-hydroxylation sites is 1. The summed E-state index contributed by atoms with van der Waals surface area (Å²) in [7, 11) is 0. The molecule has 0 aliphatic heterocycles. The van der Waals surface area contributed by atoms with Crippen molar-refractivity contribution in [2.75, 3.05) is 19.7 Å². The molecule has 2 atom stereocenters. The monoisotopic (exact) mass is 247 g/mol. The summed E-state index contributed by atoms with van der Waals surface area (Å²) in [6.45, 7) is 7.19. The zero-order valence-electron chi connectivity index (χ0n) is 11.6. The average Bonchev–Trinajstić information content (AvgIpc) is 2.85. The summed E-state index contributed by atoms with van der Waals surface area (Å²) in [5.41, 5.74) is 1.42. The topological polar surface area (TPSA) is 21.3 Å². The lowest BCUT2D eigenvalue weighted by molar-refractivity contribution is 0.329. The first-order valence-electron chi connectivity index (χ1n) is 7.29. The van der Waals surface area contributed by atoms with E-state index in [1.165, 1.54) is 24.8 Å². The van der Waals surface area contributed by atoms with Crippen LogP contribution in [0.25, 0.3) is 0 Å². The number of nitrogens with one attached hydrogen (secondary N) is 1. The first-order chi connectivity index (χ1) is 8.86. The Morgan fingerprint density at radius 3 is 2.83 bits per heavy atom. The Labute approximate surface area is 111 Å². The summed E-state index contributed by atoms with van der Waals surface area (Å²) in [5, 5.41) is 3.50. The van der Waals surface area contributed by atoms with Gasteiger partial charge in [-0.25, -0.2) is 0 Å². The molecule has 1 fully saturated rings. The van der Waals surface area contributed by atoms with Gasteiger partial charge < -0.3 is 10.1 Å². The zero-order valence-corrected chi connectivity index (χ0v) is 11.6. The van der Waals surface area contributed by atoms with Crippen LogP contribution in [-0.2, 0) is 0 Å². The number of hydrogen-bond donors (Lipinski definition) is 1. The summed E-state index contributed by atoms with van der Waals surface area (Å²) < 4.78 is 5.78. The van der Waals surface area contributed by atoms with Crippen molar-refractivity contribution in [1.29, 1.82) is 0 Å². The molecule has 0 bridgehead atoms. The van der Waals surface area contributed by atoms with E-state index in [0.29, 0.717) is 5.92 Å². The standard InChI is InChI=1S/C16H25NO/c1-3-17-12-13-8-7-10-14(13)15-9-5-6-11-16(15)18-4-2/h5-6,9,11,13-14,17H,3-4,7-8,10,12H2,1-2H3. The quantitative estimate of drug-likeness (QED) is 0.829. The maximum absolute atomic E-state index is 5.78. The Hall–Kier alpha value is -1.02. The molecular weight excluding hydrogens is 222 g/mol. The maximum Gasteiger partial charge on any atom is 0.122 e. The Morgan fingerprint density at radius 2 is 2.06 bits per heavy atom. The van der Waals surface area contributed by atoms with Crippen LogP contribution in [0.4, 0.5) is 0 Å². The fourth-order valence-corrected chi connectivity index (χ4v) is 3.09. The summed E-state index contributed by atoms with van der Waals surface area (Å²) in [5.74, 6) is 2.53. The van der Waals surface area contributed by atoms with Gasteiger partial charge in [0.2, 0.25) is 0 Å². The van der Waals surface area contributed by atoms with E-state index in [4.69, 9.17) is 4.74 Å². The van der Waals surface area contributed by atoms with Gasteiger partial charge in [-0.15, -0.1) is 0 Å². The molecule has 0 aromatic heterocycles. The predicted molar refractivity (Wildman–Crippen MR) is 76.2 cm³/mol. The predicted octanol–water partition coefficient (Wildman–Crippen LogP) is 3.58. The highest BCUT2D eigenvalue weighted by atomic mass is 16.5. The van der Waals surface area contributed by atoms with Gasteiger partial charge >= 0.3 is 0 Å². The van der Waals surface area contributed by atoms with Crippen molar-refractivity contribution in [2.24, 2.45) is 5.92 Å². The molecule has 2 nitrogen and oxygen atoms in total. The van der Waals surface area contributed by atoms with Crippen LogP contribution in [0.1, 0.15) is 44.6 Å². The maximum atomic E-state index is 5.78. The van der Waals surface area contributed by atoms with E-state index in [1.807, 2.05) is 0 Å². The van der Waals surface area contributed by atoms with Gasteiger partial charge in [0.1, 0.15) is 5.75 Å². The van der Waals surface area contributed by atoms with Gasteiger partial charge in [0.05, 0.1) is 6.61 Å². The first-order valence-corrected chi connectivity index (χ1v) is 7.29. The Bertz CT molecular complexity index is 364. The second-order valence-corrected chi connectivity index (χ2v) is 5.08. The number of ether oxygens (including phenoxy) is 1. The van der Waals surface area contributed by atoms with Crippen molar-refractivity contribution in [2.45, 2.75) is 39.0 Å². The summed E-state index contributed by atoms with van der Waals surface area (Å²) in [4.78, 5) is 0. The van der Waals surface area contributed by atoms with Crippen LogP contribution in [0, 0.1) is 5.92 Å². The van der Waals surface area contributed by atoms with E-state index in [0.717, 1.165) is 31.4 Å². The third kappa shape index (κ3) is 3.05. The molecule has 18 heavy (non-hydrogen) atoms. The Kier molecular flexibility index (Phi) is 5.06. The molecule has 2 unspecified atom stereocenters. The van der Waals surface area contributed by atoms with Gasteiger partial charge in [-0.1, -0.05) is 31.5 Å². The molecule has 0 radical (unpaired) electrons. The molecule has 1 N–H and O–H groups in total. The molecule has 1 aliphatic rings. The van der Waals surface area contributed by atoms with E-state index < -0.39 is 0 Å². The van der Waals surface area contributed by atoms with Crippen molar-refractivity contribution in [3.05, 3.63) is 29.8 Å². The van der Waals surface area contributed by atoms with Crippen LogP contribution in [0.3, 0.4) is 0 Å². The smallest absolute Gasteiger partial charge is 0.122 e. The number of rotatable bonds is 6. The molecule has 1 aromatic rings. The van der Waals surface area contributed by atoms with Gasteiger partial charge in [-0.05, 0) is 56.3 Å². The molecule has 0 heterocycles. The van der Waals surface area contributed by atoms with Crippen LogP contribution in [-0.4, -0.2) is 19.7 Å². The van der Waals surface area contributed by atoms with Crippen molar-refractivity contribution < 1.29 is 4.74 Å². The molecule has 0 amide bonds. The van der Waals surface area contributed by atoms with E-state index in [-0.39, 0.29) is 0 Å². The molecule has 2 rings (SSSR count). The molecule has 1 aliphatic carbocycles. The van der Waals surface area contributed by atoms with E-state index >= 15 is 0 Å². The van der Waals surface area contributed by atoms with Crippen LogP contribution >= 0.6 is 0 Å². The van der Waals surface area contributed by atoms with Crippen molar-refractivity contribution in [3.8, 4) is 5.75 Å². The van der Waals surface area contributed by atoms with Gasteiger partial charge in [0.15, 0.2) is 0 Å².